The van der Waals surface area contributed by atoms with Gasteiger partial charge >= 0.3 is 6.16 Å². The van der Waals surface area contributed by atoms with Crippen molar-refractivity contribution in [3.05, 3.63) is 41.2 Å². The molecule has 1 unspecified atom stereocenters. The Hall–Kier alpha value is -1.80. The smallest absolute Gasteiger partial charge is 0.448 e. The fourth-order valence-electron chi connectivity index (χ4n) is 1.97. The third kappa shape index (κ3) is 5.90. The minimum Gasteiger partial charge on any atom is -0.448 e. The number of methoxy groups -OCH3 is 1. The van der Waals surface area contributed by atoms with E-state index in [0.717, 1.165) is 11.1 Å². The Kier molecular flexibility index (Phi) is 8.18. The van der Waals surface area contributed by atoms with Crippen LogP contribution in [0.3, 0.4) is 0 Å². The number of ether oxygens (including phenoxy) is 3. The molecule has 0 bridgehead atoms. The van der Waals surface area contributed by atoms with Gasteiger partial charge in [0.25, 0.3) is 0 Å². The molecule has 1 atom stereocenters. The predicted molar refractivity (Wildman–Crippen MR) is 86.0 cm³/mol. The molecule has 1 heterocycles. The van der Waals surface area contributed by atoms with E-state index in [0.29, 0.717) is 11.5 Å². The van der Waals surface area contributed by atoms with Crippen LogP contribution in [0.15, 0.2) is 23.5 Å². The molecule has 131 valence electrons. The van der Waals surface area contributed by atoms with E-state index in [1.165, 1.54) is 18.1 Å². The Labute approximate surface area is 171 Å². The number of benzene rings is 1. The van der Waals surface area contributed by atoms with Gasteiger partial charge in [0.05, 0.1) is 7.11 Å². The summed E-state index contributed by atoms with van der Waals surface area (Å²) < 4.78 is 16.6. The molecule has 9 heteroatoms. The van der Waals surface area contributed by atoms with Crippen LogP contribution in [-0.4, -0.2) is 40.2 Å². The largest absolute Gasteiger partial charge is 0.511 e. The van der Waals surface area contributed by atoms with Gasteiger partial charge in [0.2, 0.25) is 12.2 Å². The van der Waals surface area contributed by atoms with Crippen LogP contribution in [0, 0.1) is 19.9 Å². The summed E-state index contributed by atoms with van der Waals surface area (Å²) in [4.78, 5) is 19.7. The summed E-state index contributed by atoms with van der Waals surface area (Å²) in [7, 11) is 2.94. The molecule has 0 aliphatic heterocycles. The van der Waals surface area contributed by atoms with Gasteiger partial charge in [-0.2, -0.15) is 44.4 Å². The van der Waals surface area contributed by atoms with Gasteiger partial charge in [-0.15, -0.1) is 0 Å². The van der Waals surface area contributed by atoms with Gasteiger partial charge in [0, 0.05) is 46.7 Å². The first-order valence-electron chi connectivity index (χ1n) is 7.24. The normalized spacial score (nSPS) is 12.1. The molecule has 0 saturated heterocycles. The standard InChI is InChI=1S/C16H19N4O4.Y/c1-10-6-7-13(11(2)8-10)14(19-15-17-9-18-20(15)4)23-12(3)24-16(21)22-5;/h6-7,9,12H,1-5H3;/q-1;. The third-order valence-corrected chi connectivity index (χ3v) is 3.11. The summed E-state index contributed by atoms with van der Waals surface area (Å²) in [5.74, 6) is 0.603. The second-order valence-corrected chi connectivity index (χ2v) is 5.04. The van der Waals surface area contributed by atoms with Crippen LogP contribution in [0.25, 0.3) is 0 Å². The molecule has 0 saturated carbocycles. The van der Waals surface area contributed by atoms with Gasteiger partial charge < -0.3 is 14.2 Å². The molecular formula is C16H19N4O4Y-. The molecule has 1 radical (unpaired) electrons. The zero-order chi connectivity index (χ0) is 17.7. The maximum Gasteiger partial charge on any atom is 0.511 e. The van der Waals surface area contributed by atoms with Gasteiger partial charge in [-0.3, -0.25) is 0 Å². The van der Waals surface area contributed by atoms with E-state index in [2.05, 4.69) is 25.9 Å². The topological polar surface area (TPSA) is 87.8 Å². The Morgan fingerprint density at radius 3 is 2.60 bits per heavy atom. The summed E-state index contributed by atoms with van der Waals surface area (Å²) in [5, 5.41) is 3.97. The van der Waals surface area contributed by atoms with Crippen molar-refractivity contribution in [3.8, 4) is 0 Å². The fraction of sp³-hybridized carbons (Fsp3) is 0.375. The third-order valence-electron chi connectivity index (χ3n) is 3.11. The van der Waals surface area contributed by atoms with Gasteiger partial charge in [-0.25, -0.2) is 9.48 Å². The minimum absolute atomic E-state index is 0. The molecule has 2 aromatic rings. The molecule has 0 N–H and O–H groups in total. The molecule has 0 spiro atoms. The quantitative estimate of drug-likeness (QED) is 0.248. The van der Waals surface area contributed by atoms with Crippen molar-refractivity contribution in [2.24, 2.45) is 12.0 Å². The number of carbonyl (C=O) groups excluding carboxylic acids is 1. The summed E-state index contributed by atoms with van der Waals surface area (Å²) in [6.07, 6.45) is -0.350. The Morgan fingerprint density at radius 2 is 2.04 bits per heavy atom. The van der Waals surface area contributed by atoms with Crippen molar-refractivity contribution in [1.82, 2.24) is 14.8 Å². The van der Waals surface area contributed by atoms with Crippen LogP contribution in [0.5, 0.6) is 0 Å². The number of carbonyl (C=O) groups is 1. The van der Waals surface area contributed by atoms with E-state index < -0.39 is 12.4 Å². The maximum atomic E-state index is 11.2. The molecule has 0 fully saturated rings. The summed E-state index contributed by atoms with van der Waals surface area (Å²) in [6.45, 7) is 5.40. The van der Waals surface area contributed by atoms with Crippen molar-refractivity contribution < 1.29 is 51.7 Å². The summed E-state index contributed by atoms with van der Waals surface area (Å²) >= 11 is 0. The van der Waals surface area contributed by atoms with Crippen LogP contribution < -0.4 is 0 Å². The summed E-state index contributed by atoms with van der Waals surface area (Å²) in [6, 6.07) is 6.96. The first-order valence-corrected chi connectivity index (χ1v) is 7.24. The first kappa shape index (κ1) is 21.2. The molecule has 1 aromatic carbocycles. The van der Waals surface area contributed by atoms with Crippen LogP contribution in [0.1, 0.15) is 23.6 Å². The first-order chi connectivity index (χ1) is 11.4. The Bertz CT molecular complexity index is 760. The molecular weight excluding hydrogens is 401 g/mol. The number of aliphatic imine (C=N–C) groups is 1. The van der Waals surface area contributed by atoms with Crippen molar-refractivity contribution >= 4 is 18.0 Å². The average Bonchev–Trinajstić information content (AvgIpc) is 2.91. The zero-order valence-corrected chi connectivity index (χ0v) is 17.6. The van der Waals surface area contributed by atoms with Crippen molar-refractivity contribution in [1.29, 1.82) is 0 Å². The molecule has 25 heavy (non-hydrogen) atoms. The van der Waals surface area contributed by atoms with E-state index in [1.54, 1.807) is 14.0 Å². The van der Waals surface area contributed by atoms with Crippen LogP contribution in [-0.2, 0) is 54.0 Å². The number of aromatic nitrogens is 3. The summed E-state index contributed by atoms with van der Waals surface area (Å²) in [5.41, 5.74) is 2.55. The number of rotatable bonds is 4. The van der Waals surface area contributed by atoms with Crippen LogP contribution >= 0.6 is 0 Å². The number of aryl methyl sites for hydroxylation is 3. The van der Waals surface area contributed by atoms with E-state index in [-0.39, 0.29) is 38.6 Å². The van der Waals surface area contributed by atoms with Gasteiger partial charge in [-0.05, 0) is 0 Å². The molecule has 1 aromatic heterocycles. The van der Waals surface area contributed by atoms with E-state index in [1.807, 2.05) is 26.0 Å². The van der Waals surface area contributed by atoms with Gasteiger partial charge in [0.15, 0.2) is 5.90 Å². The second-order valence-electron chi connectivity index (χ2n) is 5.04. The predicted octanol–water partition coefficient (Wildman–Crippen LogP) is 2.45. The maximum absolute atomic E-state index is 11.2. The Morgan fingerprint density at radius 1 is 1.32 bits per heavy atom. The van der Waals surface area contributed by atoms with E-state index >= 15 is 0 Å². The van der Waals surface area contributed by atoms with Gasteiger partial charge in [0.1, 0.15) is 6.33 Å². The Balaban J connectivity index is 0.00000312. The molecule has 2 rings (SSSR count). The van der Waals surface area contributed by atoms with Crippen LogP contribution in [0.4, 0.5) is 10.7 Å². The minimum atomic E-state index is -0.898. The molecule has 0 amide bonds. The van der Waals surface area contributed by atoms with Crippen molar-refractivity contribution in [2.45, 2.75) is 27.1 Å². The van der Waals surface area contributed by atoms with Crippen molar-refractivity contribution in [3.63, 3.8) is 0 Å². The molecule has 0 aliphatic rings. The van der Waals surface area contributed by atoms with Crippen LogP contribution in [0.2, 0.25) is 0 Å². The zero-order valence-electron chi connectivity index (χ0n) is 14.8. The molecule has 0 aliphatic carbocycles. The SMILES string of the molecule is COC(=O)OC(C)OC(=Nc1ncnn1C)c1ccc(C)[c-]c1C.[Y]. The number of hydrogen-bond donors (Lipinski definition) is 0. The fourth-order valence-corrected chi connectivity index (χ4v) is 1.97. The number of hydrogen-bond acceptors (Lipinski definition) is 7. The van der Waals surface area contributed by atoms with E-state index in [4.69, 9.17) is 9.47 Å². The molecule has 8 nitrogen and oxygen atoms in total. The second kappa shape index (κ2) is 9.63. The van der Waals surface area contributed by atoms with Crippen molar-refractivity contribution in [2.75, 3.05) is 7.11 Å². The van der Waals surface area contributed by atoms with E-state index in [9.17, 15) is 4.79 Å². The number of nitrogens with zero attached hydrogens (tertiary/aromatic N) is 4. The average molecular weight is 420 g/mol. The van der Waals surface area contributed by atoms with Gasteiger partial charge in [-0.1, -0.05) is 19.4 Å². The monoisotopic (exact) mass is 420 g/mol.